The van der Waals surface area contributed by atoms with Crippen LogP contribution in [-0.4, -0.2) is 0 Å². The van der Waals surface area contributed by atoms with E-state index >= 15 is 0 Å². The Morgan fingerprint density at radius 2 is 0.540 bits per heavy atom. The van der Waals surface area contributed by atoms with Crippen LogP contribution < -0.4 is 9.80 Å². The van der Waals surface area contributed by atoms with E-state index in [4.69, 9.17) is 0 Å². The van der Waals surface area contributed by atoms with Crippen LogP contribution in [0.25, 0.3) is 24.3 Å². The first-order valence-corrected chi connectivity index (χ1v) is 17.2. The first-order valence-electron chi connectivity index (χ1n) is 17.2. The number of aryl methyl sites for hydroxylation is 3. The molecule has 0 saturated carbocycles. The summed E-state index contributed by atoms with van der Waals surface area (Å²) in [7, 11) is 0. The Bertz CT molecular complexity index is 2130. The van der Waals surface area contributed by atoms with Gasteiger partial charge in [0.25, 0.3) is 0 Å². The highest BCUT2D eigenvalue weighted by atomic mass is 15.2. The van der Waals surface area contributed by atoms with Gasteiger partial charge in [0.2, 0.25) is 0 Å². The number of anilines is 5. The number of hydrogen-bond acceptors (Lipinski definition) is 2. The van der Waals surface area contributed by atoms with Crippen LogP contribution in [0.2, 0.25) is 0 Å². The van der Waals surface area contributed by atoms with E-state index in [1.54, 1.807) is 0 Å². The SMILES string of the molecule is CC1=CC(N(c2ccc(C)cc2)c2ccc(/C=C/c3ccc(/C=C/c4ccc(N(c5ccc(C)cc5)c5ccc(C)cc5)cc4)cc3)cc2)=C1. The first-order chi connectivity index (χ1) is 24.4. The predicted octanol–water partition coefficient (Wildman–Crippen LogP) is 13.4. The van der Waals surface area contributed by atoms with Gasteiger partial charge in [-0.3, -0.25) is 0 Å². The molecule has 0 bridgehead atoms. The third-order valence-electron chi connectivity index (χ3n) is 9.06. The van der Waals surface area contributed by atoms with Crippen LogP contribution in [0.1, 0.15) is 45.9 Å². The summed E-state index contributed by atoms with van der Waals surface area (Å²) >= 11 is 0. The standard InChI is InChI=1S/C48H42N2/c1-35-5-23-43(24-6-35)49(44-25-7-36(2)8-26-44)46-29-19-41(20-30-46)17-15-39-11-13-40(14-12-39)16-18-42-21-31-47(32-22-42)50(48-33-38(4)34-48)45-27-9-37(3)10-28-45/h5-34H,1-4H3/b17-15+,18-16+. The quantitative estimate of drug-likeness (QED) is 0.137. The molecule has 2 nitrogen and oxygen atoms in total. The van der Waals surface area contributed by atoms with Gasteiger partial charge in [-0.15, -0.1) is 0 Å². The fourth-order valence-corrected chi connectivity index (χ4v) is 6.13. The zero-order chi connectivity index (χ0) is 34.5. The van der Waals surface area contributed by atoms with E-state index in [0.717, 1.165) is 28.3 Å². The number of nitrogens with zero attached hydrogens (tertiary/aromatic N) is 2. The van der Waals surface area contributed by atoms with Crippen LogP contribution >= 0.6 is 0 Å². The zero-order valence-corrected chi connectivity index (χ0v) is 29.2. The van der Waals surface area contributed by atoms with Crippen molar-refractivity contribution < 1.29 is 0 Å². The zero-order valence-electron chi connectivity index (χ0n) is 29.2. The molecule has 0 N–H and O–H groups in total. The third kappa shape index (κ3) is 7.61. The lowest BCUT2D eigenvalue weighted by atomic mass is 10.0. The number of hydrogen-bond donors (Lipinski definition) is 0. The Hall–Kier alpha value is -6.12. The molecule has 0 heterocycles. The summed E-state index contributed by atoms with van der Waals surface area (Å²) < 4.78 is 0. The summed E-state index contributed by atoms with van der Waals surface area (Å²) in [6.07, 6.45) is 13.2. The Morgan fingerprint density at radius 3 is 0.820 bits per heavy atom. The molecule has 0 spiro atoms. The predicted molar refractivity (Wildman–Crippen MR) is 216 cm³/mol. The normalized spacial score (nSPS) is 12.5. The Balaban J connectivity index is 1.01. The van der Waals surface area contributed by atoms with Gasteiger partial charge in [-0.1, -0.05) is 126 Å². The molecule has 1 aliphatic carbocycles. The average Bonchev–Trinajstić information content (AvgIpc) is 3.13. The topological polar surface area (TPSA) is 6.48 Å². The lowest BCUT2D eigenvalue weighted by molar-refractivity contribution is 1.15. The van der Waals surface area contributed by atoms with E-state index in [1.165, 1.54) is 50.3 Å². The summed E-state index contributed by atoms with van der Waals surface area (Å²) in [6, 6.07) is 52.3. The number of allylic oxidation sites excluding steroid dienone is 3. The van der Waals surface area contributed by atoms with Gasteiger partial charge in [-0.05, 0) is 128 Å². The summed E-state index contributed by atoms with van der Waals surface area (Å²) in [6.45, 7) is 8.51. The molecule has 6 aromatic rings. The lowest BCUT2D eigenvalue weighted by Crippen LogP contribution is -2.18. The maximum Gasteiger partial charge on any atom is 0.0466 e. The van der Waals surface area contributed by atoms with Gasteiger partial charge in [0, 0.05) is 34.1 Å². The van der Waals surface area contributed by atoms with Gasteiger partial charge >= 0.3 is 0 Å². The summed E-state index contributed by atoms with van der Waals surface area (Å²) in [5.41, 5.74) is 16.7. The Kier molecular flexibility index (Phi) is 9.44. The van der Waals surface area contributed by atoms with Gasteiger partial charge in [-0.25, -0.2) is 0 Å². The molecule has 244 valence electrons. The smallest absolute Gasteiger partial charge is 0.0466 e. The minimum absolute atomic E-state index is 1.13. The Morgan fingerprint density at radius 1 is 0.300 bits per heavy atom. The molecule has 0 saturated heterocycles. The molecular weight excluding hydrogens is 605 g/mol. The molecule has 0 fully saturated rings. The van der Waals surface area contributed by atoms with Gasteiger partial charge < -0.3 is 9.80 Å². The lowest BCUT2D eigenvalue weighted by Gasteiger charge is -2.30. The van der Waals surface area contributed by atoms with E-state index in [0.29, 0.717) is 0 Å². The van der Waals surface area contributed by atoms with E-state index in [-0.39, 0.29) is 0 Å². The third-order valence-corrected chi connectivity index (χ3v) is 9.06. The van der Waals surface area contributed by atoms with Crippen molar-refractivity contribution in [2.24, 2.45) is 0 Å². The highest BCUT2D eigenvalue weighted by Gasteiger charge is 2.17. The van der Waals surface area contributed by atoms with Crippen LogP contribution in [0, 0.1) is 20.8 Å². The van der Waals surface area contributed by atoms with Crippen LogP contribution in [0.15, 0.2) is 169 Å². The highest BCUT2D eigenvalue weighted by Crippen LogP contribution is 2.36. The molecule has 0 aliphatic heterocycles. The Labute approximate surface area is 297 Å². The summed E-state index contributed by atoms with van der Waals surface area (Å²) in [5, 5.41) is 0. The second-order valence-corrected chi connectivity index (χ2v) is 13.2. The van der Waals surface area contributed by atoms with Crippen molar-refractivity contribution in [1.82, 2.24) is 0 Å². The van der Waals surface area contributed by atoms with Gasteiger partial charge in [0.1, 0.15) is 0 Å². The molecule has 0 amide bonds. The minimum Gasteiger partial charge on any atom is -0.311 e. The van der Waals surface area contributed by atoms with Crippen molar-refractivity contribution in [2.45, 2.75) is 27.7 Å². The largest absolute Gasteiger partial charge is 0.311 e. The molecule has 50 heavy (non-hydrogen) atoms. The van der Waals surface area contributed by atoms with E-state index in [2.05, 4.69) is 220 Å². The minimum atomic E-state index is 1.13. The molecule has 1 aliphatic rings. The molecule has 7 rings (SSSR count). The fraction of sp³-hybridized carbons (Fsp3) is 0.0833. The second-order valence-electron chi connectivity index (χ2n) is 13.2. The van der Waals surface area contributed by atoms with E-state index < -0.39 is 0 Å². The van der Waals surface area contributed by atoms with Crippen molar-refractivity contribution in [3.05, 3.63) is 208 Å². The van der Waals surface area contributed by atoms with Crippen molar-refractivity contribution in [1.29, 1.82) is 0 Å². The van der Waals surface area contributed by atoms with Crippen LogP contribution in [0.5, 0.6) is 0 Å². The van der Waals surface area contributed by atoms with Gasteiger partial charge in [0.15, 0.2) is 0 Å². The van der Waals surface area contributed by atoms with Crippen molar-refractivity contribution in [2.75, 3.05) is 9.80 Å². The molecule has 0 aromatic heterocycles. The molecule has 0 radical (unpaired) electrons. The van der Waals surface area contributed by atoms with Crippen molar-refractivity contribution >= 4 is 52.7 Å². The number of rotatable bonds is 10. The molecule has 0 atom stereocenters. The summed E-state index contributed by atoms with van der Waals surface area (Å²) in [4.78, 5) is 4.62. The van der Waals surface area contributed by atoms with Crippen molar-refractivity contribution in [3.63, 3.8) is 0 Å². The molecular formula is C48H42N2. The fourth-order valence-electron chi connectivity index (χ4n) is 6.13. The van der Waals surface area contributed by atoms with E-state index in [9.17, 15) is 0 Å². The van der Waals surface area contributed by atoms with Crippen molar-refractivity contribution in [3.8, 4) is 0 Å². The second kappa shape index (κ2) is 14.6. The molecule has 2 heteroatoms. The van der Waals surface area contributed by atoms with Crippen LogP contribution in [-0.2, 0) is 0 Å². The highest BCUT2D eigenvalue weighted by molar-refractivity contribution is 5.79. The number of benzene rings is 6. The molecule has 6 aromatic carbocycles. The van der Waals surface area contributed by atoms with Crippen LogP contribution in [0.4, 0.5) is 28.4 Å². The monoisotopic (exact) mass is 646 g/mol. The van der Waals surface area contributed by atoms with E-state index in [1.807, 2.05) is 0 Å². The molecule has 0 unspecified atom stereocenters. The van der Waals surface area contributed by atoms with Gasteiger partial charge in [-0.2, -0.15) is 0 Å². The van der Waals surface area contributed by atoms with Gasteiger partial charge in [0.05, 0.1) is 0 Å². The van der Waals surface area contributed by atoms with Crippen LogP contribution in [0.3, 0.4) is 0 Å². The maximum atomic E-state index is 2.31. The summed E-state index contributed by atoms with van der Waals surface area (Å²) in [5.74, 6) is 0. The maximum absolute atomic E-state index is 2.31. The average molecular weight is 647 g/mol. The first kappa shape index (κ1) is 32.4.